The van der Waals surface area contributed by atoms with Crippen molar-refractivity contribution in [3.63, 3.8) is 0 Å². The van der Waals surface area contributed by atoms with Gasteiger partial charge in [0.1, 0.15) is 6.07 Å². The SMILES string of the molecule is Cc1cccc(C#N)c1NCCc1ccncc1. The number of aryl methyl sites for hydroxylation is 1. The van der Waals surface area contributed by atoms with Crippen LogP contribution in [0.1, 0.15) is 16.7 Å². The molecule has 0 spiro atoms. The first-order valence-corrected chi connectivity index (χ1v) is 5.94. The van der Waals surface area contributed by atoms with Gasteiger partial charge >= 0.3 is 0 Å². The molecule has 1 aromatic heterocycles. The summed E-state index contributed by atoms with van der Waals surface area (Å²) in [6.07, 6.45) is 4.51. The van der Waals surface area contributed by atoms with Gasteiger partial charge in [-0.25, -0.2) is 0 Å². The Bertz CT molecular complexity index is 556. The number of aromatic nitrogens is 1. The summed E-state index contributed by atoms with van der Waals surface area (Å²) in [5.41, 5.74) is 3.98. The third kappa shape index (κ3) is 2.86. The lowest BCUT2D eigenvalue weighted by atomic mass is 10.1. The van der Waals surface area contributed by atoms with Crippen molar-refractivity contribution in [2.75, 3.05) is 11.9 Å². The average Bonchev–Trinajstić information content (AvgIpc) is 2.41. The summed E-state index contributed by atoms with van der Waals surface area (Å²) in [6, 6.07) is 12.0. The van der Waals surface area contributed by atoms with Gasteiger partial charge in [0.25, 0.3) is 0 Å². The molecule has 3 heteroatoms. The summed E-state index contributed by atoms with van der Waals surface area (Å²) in [5, 5.41) is 12.4. The number of nitrogens with one attached hydrogen (secondary N) is 1. The zero-order valence-electron chi connectivity index (χ0n) is 10.4. The summed E-state index contributed by atoms with van der Waals surface area (Å²) in [6.45, 7) is 2.82. The normalized spacial score (nSPS) is 9.78. The van der Waals surface area contributed by atoms with E-state index in [9.17, 15) is 0 Å². The molecule has 2 rings (SSSR count). The van der Waals surface area contributed by atoms with E-state index in [4.69, 9.17) is 5.26 Å². The number of benzene rings is 1. The predicted octanol–water partition coefficient (Wildman–Crippen LogP) is 2.92. The molecule has 1 aromatic carbocycles. The van der Waals surface area contributed by atoms with E-state index in [0.29, 0.717) is 5.56 Å². The topological polar surface area (TPSA) is 48.7 Å². The fourth-order valence-electron chi connectivity index (χ4n) is 1.88. The lowest BCUT2D eigenvalue weighted by Gasteiger charge is -2.11. The fourth-order valence-corrected chi connectivity index (χ4v) is 1.88. The molecular weight excluding hydrogens is 222 g/mol. The van der Waals surface area contributed by atoms with Gasteiger partial charge in [-0.2, -0.15) is 5.26 Å². The van der Waals surface area contributed by atoms with Crippen LogP contribution in [0.2, 0.25) is 0 Å². The van der Waals surface area contributed by atoms with Crippen LogP contribution in [0.3, 0.4) is 0 Å². The molecule has 18 heavy (non-hydrogen) atoms. The maximum atomic E-state index is 9.06. The van der Waals surface area contributed by atoms with E-state index in [1.165, 1.54) is 5.56 Å². The molecule has 0 saturated carbocycles. The smallest absolute Gasteiger partial charge is 0.101 e. The number of hydrogen-bond donors (Lipinski definition) is 1. The molecule has 0 bridgehead atoms. The van der Waals surface area contributed by atoms with Crippen molar-refractivity contribution < 1.29 is 0 Å². The standard InChI is InChI=1S/C15H15N3/c1-12-3-2-4-14(11-16)15(12)18-10-7-13-5-8-17-9-6-13/h2-6,8-9,18H,7,10H2,1H3. The second kappa shape index (κ2) is 5.83. The van der Waals surface area contributed by atoms with Crippen LogP contribution in [0.5, 0.6) is 0 Å². The fraction of sp³-hybridized carbons (Fsp3) is 0.200. The molecule has 0 atom stereocenters. The summed E-state index contributed by atoms with van der Waals surface area (Å²) in [7, 11) is 0. The maximum Gasteiger partial charge on any atom is 0.101 e. The minimum atomic E-state index is 0.699. The van der Waals surface area contributed by atoms with Crippen molar-refractivity contribution in [3.05, 3.63) is 59.4 Å². The van der Waals surface area contributed by atoms with Gasteiger partial charge in [0.2, 0.25) is 0 Å². The van der Waals surface area contributed by atoms with Crippen LogP contribution in [0.25, 0.3) is 0 Å². The highest BCUT2D eigenvalue weighted by Gasteiger charge is 2.03. The zero-order chi connectivity index (χ0) is 12.8. The van der Waals surface area contributed by atoms with Gasteiger partial charge in [0.05, 0.1) is 11.3 Å². The first kappa shape index (κ1) is 12.1. The van der Waals surface area contributed by atoms with E-state index in [-0.39, 0.29) is 0 Å². The molecule has 0 aliphatic rings. The number of anilines is 1. The maximum absolute atomic E-state index is 9.06. The minimum absolute atomic E-state index is 0.699. The first-order chi connectivity index (χ1) is 8.81. The van der Waals surface area contributed by atoms with Gasteiger partial charge in [-0.05, 0) is 42.7 Å². The van der Waals surface area contributed by atoms with E-state index < -0.39 is 0 Å². The Kier molecular flexibility index (Phi) is 3.93. The highest BCUT2D eigenvalue weighted by Crippen LogP contribution is 2.19. The van der Waals surface area contributed by atoms with Crippen LogP contribution >= 0.6 is 0 Å². The molecule has 0 radical (unpaired) electrons. The predicted molar refractivity (Wildman–Crippen MR) is 72.3 cm³/mol. The molecule has 0 saturated heterocycles. The summed E-state index contributed by atoms with van der Waals surface area (Å²) < 4.78 is 0. The van der Waals surface area contributed by atoms with E-state index >= 15 is 0 Å². The average molecular weight is 237 g/mol. The first-order valence-electron chi connectivity index (χ1n) is 5.94. The van der Waals surface area contributed by atoms with Crippen molar-refractivity contribution in [2.24, 2.45) is 0 Å². The molecule has 0 fully saturated rings. The number of pyridine rings is 1. The summed E-state index contributed by atoms with van der Waals surface area (Å²) in [4.78, 5) is 3.99. The highest BCUT2D eigenvalue weighted by atomic mass is 14.9. The lowest BCUT2D eigenvalue weighted by Crippen LogP contribution is -2.07. The van der Waals surface area contributed by atoms with Crippen molar-refractivity contribution in [2.45, 2.75) is 13.3 Å². The Labute approximate surface area is 107 Å². The van der Waals surface area contributed by atoms with Crippen LogP contribution in [-0.2, 0) is 6.42 Å². The van der Waals surface area contributed by atoms with Gasteiger partial charge in [-0.1, -0.05) is 12.1 Å². The molecule has 0 aliphatic carbocycles. The van der Waals surface area contributed by atoms with Gasteiger partial charge in [0.15, 0.2) is 0 Å². The largest absolute Gasteiger partial charge is 0.383 e. The molecule has 2 aromatic rings. The molecule has 1 heterocycles. The molecule has 0 aliphatic heterocycles. The van der Waals surface area contributed by atoms with Crippen LogP contribution < -0.4 is 5.32 Å². The van der Waals surface area contributed by atoms with E-state index in [1.807, 2.05) is 37.3 Å². The number of rotatable bonds is 4. The van der Waals surface area contributed by atoms with Gasteiger partial charge in [-0.15, -0.1) is 0 Å². The van der Waals surface area contributed by atoms with Crippen LogP contribution in [-0.4, -0.2) is 11.5 Å². The van der Waals surface area contributed by atoms with Crippen LogP contribution in [0.15, 0.2) is 42.7 Å². The Morgan fingerprint density at radius 1 is 1.22 bits per heavy atom. The second-order valence-corrected chi connectivity index (χ2v) is 4.14. The Balaban J connectivity index is 2.01. The van der Waals surface area contributed by atoms with Gasteiger partial charge in [0, 0.05) is 18.9 Å². The Hall–Kier alpha value is -2.34. The minimum Gasteiger partial charge on any atom is -0.383 e. The van der Waals surface area contributed by atoms with Crippen LogP contribution in [0, 0.1) is 18.3 Å². The lowest BCUT2D eigenvalue weighted by molar-refractivity contribution is 1.01. The highest BCUT2D eigenvalue weighted by molar-refractivity contribution is 5.62. The molecular formula is C15H15N3. The monoisotopic (exact) mass is 237 g/mol. The van der Waals surface area contributed by atoms with Crippen molar-refractivity contribution in [1.82, 2.24) is 4.98 Å². The van der Waals surface area contributed by atoms with Crippen molar-refractivity contribution in [3.8, 4) is 6.07 Å². The summed E-state index contributed by atoms with van der Waals surface area (Å²) >= 11 is 0. The molecule has 0 unspecified atom stereocenters. The van der Waals surface area contributed by atoms with Crippen molar-refractivity contribution in [1.29, 1.82) is 5.26 Å². The van der Waals surface area contributed by atoms with E-state index in [1.54, 1.807) is 12.4 Å². The molecule has 0 amide bonds. The number of para-hydroxylation sites is 1. The number of nitriles is 1. The quantitative estimate of drug-likeness (QED) is 0.889. The Morgan fingerprint density at radius 3 is 2.72 bits per heavy atom. The van der Waals surface area contributed by atoms with Crippen molar-refractivity contribution >= 4 is 5.69 Å². The van der Waals surface area contributed by atoms with Gasteiger partial charge < -0.3 is 5.32 Å². The van der Waals surface area contributed by atoms with E-state index in [0.717, 1.165) is 24.2 Å². The molecule has 1 N–H and O–H groups in total. The van der Waals surface area contributed by atoms with Gasteiger partial charge in [-0.3, -0.25) is 4.98 Å². The van der Waals surface area contributed by atoms with E-state index in [2.05, 4.69) is 16.4 Å². The zero-order valence-corrected chi connectivity index (χ0v) is 10.4. The molecule has 3 nitrogen and oxygen atoms in total. The third-order valence-electron chi connectivity index (χ3n) is 2.86. The number of nitrogens with zero attached hydrogens (tertiary/aromatic N) is 2. The Morgan fingerprint density at radius 2 is 2.00 bits per heavy atom. The second-order valence-electron chi connectivity index (χ2n) is 4.14. The van der Waals surface area contributed by atoms with Crippen LogP contribution in [0.4, 0.5) is 5.69 Å². The molecule has 90 valence electrons. The summed E-state index contributed by atoms with van der Waals surface area (Å²) in [5.74, 6) is 0. The number of hydrogen-bond acceptors (Lipinski definition) is 3. The third-order valence-corrected chi connectivity index (χ3v) is 2.86.